The Hall–Kier alpha value is -3.46. The van der Waals surface area contributed by atoms with Crippen LogP contribution >= 0.6 is 0 Å². The summed E-state index contributed by atoms with van der Waals surface area (Å²) in [5, 5.41) is 2.31. The molecule has 2 aromatic heterocycles. The molecule has 3 nitrogen and oxygen atoms in total. The van der Waals surface area contributed by atoms with Crippen molar-refractivity contribution in [3.8, 4) is 28.2 Å². The van der Waals surface area contributed by atoms with E-state index in [2.05, 4.69) is 93.1 Å². The second-order valence-corrected chi connectivity index (χ2v) is 10.0. The quantitative estimate of drug-likeness (QED) is 0.173. The normalized spacial score (nSPS) is 11.5. The van der Waals surface area contributed by atoms with Crippen molar-refractivity contribution in [3.63, 3.8) is 0 Å². The number of hydrogen-bond acceptors (Lipinski definition) is 2. The molecule has 0 N–H and O–H groups in total. The van der Waals surface area contributed by atoms with Gasteiger partial charge in [0.05, 0.1) is 5.82 Å². The molecule has 37 heavy (non-hydrogen) atoms. The van der Waals surface area contributed by atoms with E-state index in [-0.39, 0.29) is 20.1 Å². The van der Waals surface area contributed by atoms with Gasteiger partial charge >= 0.3 is 0 Å². The molecule has 0 bridgehead atoms. The molecule has 0 aliphatic carbocycles. The zero-order chi connectivity index (χ0) is 24.8. The topological polar surface area (TPSA) is 31.0 Å². The molecule has 2 heterocycles. The van der Waals surface area contributed by atoms with Crippen molar-refractivity contribution >= 4 is 21.9 Å². The Morgan fingerprint density at radius 2 is 1.46 bits per heavy atom. The minimum absolute atomic E-state index is 0. The summed E-state index contributed by atoms with van der Waals surface area (Å²) in [6.45, 7) is 9.07. The molecule has 0 spiro atoms. The third-order valence-corrected chi connectivity index (χ3v) is 6.95. The Balaban J connectivity index is 0.00000280. The number of nitrogens with zero attached hydrogens (tertiary/aromatic N) is 2. The van der Waals surface area contributed by atoms with Gasteiger partial charge in [0.15, 0.2) is 0 Å². The maximum Gasteiger partial charge on any atom is 0.135 e. The van der Waals surface area contributed by atoms with Crippen LogP contribution in [0.15, 0.2) is 95.7 Å². The SMILES string of the molecule is CC(C)c1cc(-c2ccc3oc4ccccc4c3c2)cc(C(C)C)c1-n1ccnc1-c1[c-]cccc1.[Ir]. The van der Waals surface area contributed by atoms with E-state index < -0.39 is 0 Å². The minimum atomic E-state index is 0. The van der Waals surface area contributed by atoms with Crippen LogP contribution < -0.4 is 0 Å². The molecule has 4 heteroatoms. The van der Waals surface area contributed by atoms with Crippen LogP contribution in [0.1, 0.15) is 50.7 Å². The van der Waals surface area contributed by atoms with Crippen molar-refractivity contribution in [2.75, 3.05) is 0 Å². The summed E-state index contributed by atoms with van der Waals surface area (Å²) in [6.07, 6.45) is 3.96. The van der Waals surface area contributed by atoms with Crippen LogP contribution in [-0.4, -0.2) is 9.55 Å². The molecule has 187 valence electrons. The van der Waals surface area contributed by atoms with Crippen molar-refractivity contribution < 1.29 is 24.5 Å². The number of rotatable bonds is 5. The fourth-order valence-electron chi connectivity index (χ4n) is 5.13. The molecule has 0 aliphatic rings. The third kappa shape index (κ3) is 4.45. The number of imidazole rings is 1. The van der Waals surface area contributed by atoms with Crippen LogP contribution in [0.2, 0.25) is 0 Å². The number of benzene rings is 4. The van der Waals surface area contributed by atoms with Crippen molar-refractivity contribution in [1.29, 1.82) is 0 Å². The van der Waals surface area contributed by atoms with Crippen molar-refractivity contribution in [2.24, 2.45) is 0 Å². The molecule has 0 saturated carbocycles. The van der Waals surface area contributed by atoms with Crippen LogP contribution in [0.25, 0.3) is 50.1 Å². The Bertz CT molecular complexity index is 1660. The fourth-order valence-corrected chi connectivity index (χ4v) is 5.13. The molecule has 0 saturated heterocycles. The summed E-state index contributed by atoms with van der Waals surface area (Å²) in [6, 6.07) is 30.9. The summed E-state index contributed by atoms with van der Waals surface area (Å²) < 4.78 is 8.32. The first kappa shape index (κ1) is 25.2. The zero-order valence-electron chi connectivity index (χ0n) is 21.5. The van der Waals surface area contributed by atoms with Gasteiger partial charge in [0.25, 0.3) is 0 Å². The van der Waals surface area contributed by atoms with Crippen LogP contribution in [-0.2, 0) is 20.1 Å². The van der Waals surface area contributed by atoms with Crippen molar-refractivity contribution in [1.82, 2.24) is 9.55 Å². The van der Waals surface area contributed by atoms with Crippen LogP contribution in [0, 0.1) is 6.07 Å². The first-order chi connectivity index (χ1) is 17.5. The van der Waals surface area contributed by atoms with E-state index >= 15 is 0 Å². The summed E-state index contributed by atoms with van der Waals surface area (Å²) in [5.41, 5.74) is 9.12. The first-order valence-corrected chi connectivity index (χ1v) is 12.6. The second kappa shape index (κ2) is 10.1. The largest absolute Gasteiger partial charge is 0.456 e. The summed E-state index contributed by atoms with van der Waals surface area (Å²) >= 11 is 0. The number of para-hydroxylation sites is 1. The van der Waals surface area contributed by atoms with E-state index in [1.54, 1.807) is 0 Å². The molecule has 0 unspecified atom stereocenters. The number of fused-ring (bicyclic) bond motifs is 3. The van der Waals surface area contributed by atoms with E-state index in [1.165, 1.54) is 27.9 Å². The van der Waals surface area contributed by atoms with Crippen LogP contribution in [0.3, 0.4) is 0 Å². The smallest absolute Gasteiger partial charge is 0.135 e. The van der Waals surface area contributed by atoms with Gasteiger partial charge in [0.2, 0.25) is 0 Å². The Labute approximate surface area is 231 Å². The van der Waals surface area contributed by atoms with E-state index in [0.717, 1.165) is 33.3 Å². The second-order valence-electron chi connectivity index (χ2n) is 10.0. The van der Waals surface area contributed by atoms with Crippen LogP contribution in [0.5, 0.6) is 0 Å². The average Bonchev–Trinajstić information content (AvgIpc) is 3.53. The van der Waals surface area contributed by atoms with Crippen LogP contribution in [0.4, 0.5) is 0 Å². The van der Waals surface area contributed by atoms with Gasteiger partial charge in [-0.2, -0.15) is 0 Å². The molecule has 0 atom stereocenters. The maximum absolute atomic E-state index is 6.08. The Morgan fingerprint density at radius 3 is 2.16 bits per heavy atom. The summed E-state index contributed by atoms with van der Waals surface area (Å²) in [7, 11) is 0. The molecule has 6 rings (SSSR count). The van der Waals surface area contributed by atoms with Gasteiger partial charge in [-0.25, -0.2) is 0 Å². The Morgan fingerprint density at radius 1 is 0.757 bits per heavy atom. The molecular formula is C33H29IrN2O-. The first-order valence-electron chi connectivity index (χ1n) is 12.6. The predicted molar refractivity (Wildman–Crippen MR) is 149 cm³/mol. The monoisotopic (exact) mass is 662 g/mol. The molecule has 6 aromatic rings. The fraction of sp³-hybridized carbons (Fsp3) is 0.182. The Kier molecular flexibility index (Phi) is 6.90. The van der Waals surface area contributed by atoms with Gasteiger partial charge in [-0.1, -0.05) is 52.0 Å². The van der Waals surface area contributed by atoms with Gasteiger partial charge in [-0.3, -0.25) is 4.98 Å². The van der Waals surface area contributed by atoms with Gasteiger partial charge in [-0.05, 0) is 64.4 Å². The predicted octanol–water partition coefficient (Wildman–Crippen LogP) is 9.15. The van der Waals surface area contributed by atoms with E-state index in [0.29, 0.717) is 11.8 Å². The van der Waals surface area contributed by atoms with Gasteiger partial charge < -0.3 is 8.98 Å². The molecule has 1 radical (unpaired) electrons. The standard InChI is InChI=1S/C33H29N2O.Ir/c1-21(2)27-19-25(24-14-15-31-29(18-24)26-12-8-9-13-30(26)36-31)20-28(22(3)4)32(27)35-17-16-34-33(35)23-10-6-5-7-11-23;/h5-10,12-22H,1-4H3;/q-1;. The number of aromatic nitrogens is 2. The van der Waals surface area contributed by atoms with Crippen molar-refractivity contribution in [2.45, 2.75) is 39.5 Å². The van der Waals surface area contributed by atoms with E-state index in [9.17, 15) is 0 Å². The maximum atomic E-state index is 6.08. The molecule has 0 aliphatic heterocycles. The molecular weight excluding hydrogens is 633 g/mol. The van der Waals surface area contributed by atoms with E-state index in [1.807, 2.05) is 36.5 Å². The number of hydrogen-bond donors (Lipinski definition) is 0. The third-order valence-electron chi connectivity index (χ3n) is 6.95. The van der Waals surface area contributed by atoms with Gasteiger partial charge in [0.1, 0.15) is 11.2 Å². The average molecular weight is 662 g/mol. The molecule has 4 aromatic carbocycles. The zero-order valence-corrected chi connectivity index (χ0v) is 23.8. The summed E-state index contributed by atoms with van der Waals surface area (Å²) in [4.78, 5) is 4.72. The summed E-state index contributed by atoms with van der Waals surface area (Å²) in [5.74, 6) is 1.59. The minimum Gasteiger partial charge on any atom is -0.456 e. The van der Waals surface area contributed by atoms with Crippen molar-refractivity contribution in [3.05, 3.63) is 108 Å². The van der Waals surface area contributed by atoms with E-state index in [4.69, 9.17) is 9.40 Å². The van der Waals surface area contributed by atoms with Gasteiger partial charge in [0, 0.05) is 49.0 Å². The number of furan rings is 1. The molecule has 0 fully saturated rings. The molecule has 0 amide bonds. The van der Waals surface area contributed by atoms with Gasteiger partial charge in [-0.15, -0.1) is 35.9 Å².